The SMILES string of the molecule is CCCCCCCCCCCCCCCC(=O)c1ccc(C(=O)c2ccccc2)c(O)c1. The normalized spacial score (nSPS) is 10.9. The smallest absolute Gasteiger partial charge is 0.196 e. The Hall–Kier alpha value is -2.42. The van der Waals surface area contributed by atoms with Crippen LogP contribution in [0.1, 0.15) is 123 Å². The predicted octanol–water partition coefficient (Wildman–Crippen LogP) is 8.29. The van der Waals surface area contributed by atoms with E-state index in [-0.39, 0.29) is 22.9 Å². The van der Waals surface area contributed by atoms with Gasteiger partial charge < -0.3 is 5.11 Å². The monoisotopic (exact) mass is 436 g/mol. The molecule has 0 bridgehead atoms. The second-order valence-electron chi connectivity index (χ2n) is 8.84. The van der Waals surface area contributed by atoms with Crippen LogP contribution in [0.15, 0.2) is 48.5 Å². The van der Waals surface area contributed by atoms with Crippen LogP contribution in [-0.4, -0.2) is 16.7 Å². The van der Waals surface area contributed by atoms with Crippen molar-refractivity contribution in [1.82, 2.24) is 0 Å². The summed E-state index contributed by atoms with van der Waals surface area (Å²) in [4.78, 5) is 25.0. The summed E-state index contributed by atoms with van der Waals surface area (Å²) in [5.74, 6) is -0.337. The van der Waals surface area contributed by atoms with Crippen molar-refractivity contribution in [2.24, 2.45) is 0 Å². The van der Waals surface area contributed by atoms with E-state index in [2.05, 4.69) is 6.92 Å². The Bertz CT molecular complexity index is 810. The highest BCUT2D eigenvalue weighted by Gasteiger charge is 2.15. The average Bonchev–Trinajstić information content (AvgIpc) is 2.82. The lowest BCUT2D eigenvalue weighted by atomic mass is 9.98. The van der Waals surface area contributed by atoms with E-state index in [1.165, 1.54) is 76.7 Å². The van der Waals surface area contributed by atoms with Crippen molar-refractivity contribution < 1.29 is 14.7 Å². The number of phenols is 1. The number of carbonyl (C=O) groups excluding carboxylic acids is 2. The highest BCUT2D eigenvalue weighted by Crippen LogP contribution is 2.23. The van der Waals surface area contributed by atoms with Crippen molar-refractivity contribution in [1.29, 1.82) is 0 Å². The maximum Gasteiger partial charge on any atom is 0.196 e. The lowest BCUT2D eigenvalue weighted by molar-refractivity contribution is 0.0976. The quantitative estimate of drug-likeness (QED) is 0.200. The lowest BCUT2D eigenvalue weighted by Crippen LogP contribution is -2.04. The van der Waals surface area contributed by atoms with Gasteiger partial charge in [-0.3, -0.25) is 9.59 Å². The Morgan fingerprint density at radius 2 is 1.19 bits per heavy atom. The van der Waals surface area contributed by atoms with Crippen LogP contribution >= 0.6 is 0 Å². The fraction of sp³-hybridized carbons (Fsp3) is 0.517. The number of benzene rings is 2. The van der Waals surface area contributed by atoms with E-state index in [1.807, 2.05) is 6.07 Å². The van der Waals surface area contributed by atoms with E-state index in [0.29, 0.717) is 17.5 Å². The first-order chi connectivity index (χ1) is 15.6. The van der Waals surface area contributed by atoms with Gasteiger partial charge >= 0.3 is 0 Å². The van der Waals surface area contributed by atoms with Gasteiger partial charge in [0.15, 0.2) is 11.6 Å². The number of carbonyl (C=O) groups is 2. The molecule has 2 aromatic carbocycles. The molecule has 0 fully saturated rings. The summed E-state index contributed by atoms with van der Waals surface area (Å²) in [5, 5.41) is 10.3. The van der Waals surface area contributed by atoms with Crippen LogP contribution in [0.25, 0.3) is 0 Å². The third kappa shape index (κ3) is 9.38. The fourth-order valence-electron chi connectivity index (χ4n) is 4.09. The molecule has 2 rings (SSSR count). The van der Waals surface area contributed by atoms with Crippen LogP contribution in [0, 0.1) is 0 Å². The first kappa shape index (κ1) is 25.8. The first-order valence-corrected chi connectivity index (χ1v) is 12.6. The third-order valence-corrected chi connectivity index (χ3v) is 6.11. The Labute approximate surface area is 194 Å². The molecule has 0 saturated carbocycles. The number of Topliss-reactive ketones (excluding diaryl/α,β-unsaturated/α-hetero) is 1. The minimum absolute atomic E-state index is 0.0297. The highest BCUT2D eigenvalue weighted by atomic mass is 16.3. The molecular formula is C29H40O3. The van der Waals surface area contributed by atoms with Crippen molar-refractivity contribution in [3.05, 3.63) is 65.2 Å². The van der Waals surface area contributed by atoms with Crippen molar-refractivity contribution >= 4 is 11.6 Å². The molecule has 0 spiro atoms. The Morgan fingerprint density at radius 3 is 1.72 bits per heavy atom. The maximum absolute atomic E-state index is 12.5. The molecule has 32 heavy (non-hydrogen) atoms. The number of ketones is 2. The van der Waals surface area contributed by atoms with Gasteiger partial charge in [0.05, 0.1) is 5.56 Å². The standard InChI is InChI=1S/C29H40O3/c1-2-3-4-5-6-7-8-9-10-11-12-13-17-20-27(30)25-21-22-26(28(31)23-25)29(32)24-18-15-14-16-19-24/h14-16,18-19,21-23,31H,2-13,17,20H2,1H3. The topological polar surface area (TPSA) is 54.4 Å². The van der Waals surface area contributed by atoms with Gasteiger partial charge in [0.1, 0.15) is 5.75 Å². The van der Waals surface area contributed by atoms with Gasteiger partial charge in [-0.15, -0.1) is 0 Å². The summed E-state index contributed by atoms with van der Waals surface area (Å²) in [6.07, 6.45) is 17.1. The summed E-state index contributed by atoms with van der Waals surface area (Å²) in [6.45, 7) is 2.26. The molecule has 0 heterocycles. The molecule has 0 saturated heterocycles. The molecule has 174 valence electrons. The minimum atomic E-state index is -0.237. The zero-order valence-corrected chi connectivity index (χ0v) is 19.8. The van der Waals surface area contributed by atoms with Gasteiger partial charge in [-0.05, 0) is 18.6 Å². The number of phenolic OH excluding ortho intramolecular Hbond substituents is 1. The molecule has 0 radical (unpaired) electrons. The van der Waals surface area contributed by atoms with Crippen LogP contribution < -0.4 is 0 Å². The predicted molar refractivity (Wildman–Crippen MR) is 133 cm³/mol. The van der Waals surface area contributed by atoms with Crippen LogP contribution in [0.3, 0.4) is 0 Å². The second-order valence-corrected chi connectivity index (χ2v) is 8.84. The van der Waals surface area contributed by atoms with Crippen LogP contribution in [-0.2, 0) is 0 Å². The zero-order chi connectivity index (χ0) is 23.0. The van der Waals surface area contributed by atoms with E-state index in [0.717, 1.165) is 12.8 Å². The number of aromatic hydroxyl groups is 1. The molecule has 1 N–H and O–H groups in total. The molecule has 0 aliphatic rings. The van der Waals surface area contributed by atoms with Gasteiger partial charge in [0.2, 0.25) is 0 Å². The Kier molecular flexibility index (Phi) is 12.4. The zero-order valence-electron chi connectivity index (χ0n) is 19.8. The number of unbranched alkanes of at least 4 members (excludes halogenated alkanes) is 12. The summed E-state index contributed by atoms with van der Waals surface area (Å²) >= 11 is 0. The number of hydrogen-bond donors (Lipinski definition) is 1. The summed E-state index contributed by atoms with van der Waals surface area (Å²) < 4.78 is 0. The molecule has 0 unspecified atom stereocenters. The van der Waals surface area contributed by atoms with Crippen molar-refractivity contribution in [2.75, 3.05) is 0 Å². The molecule has 0 aliphatic carbocycles. The van der Waals surface area contributed by atoms with Crippen molar-refractivity contribution in [3.8, 4) is 5.75 Å². The minimum Gasteiger partial charge on any atom is -0.507 e. The molecule has 0 aromatic heterocycles. The third-order valence-electron chi connectivity index (χ3n) is 6.11. The molecule has 3 nitrogen and oxygen atoms in total. The summed E-state index contributed by atoms with van der Waals surface area (Å²) in [5.41, 5.74) is 1.23. The Balaban J connectivity index is 1.59. The van der Waals surface area contributed by atoms with Gasteiger partial charge in [0, 0.05) is 17.5 Å². The maximum atomic E-state index is 12.5. The van der Waals surface area contributed by atoms with Crippen LogP contribution in [0.4, 0.5) is 0 Å². The van der Waals surface area contributed by atoms with Crippen LogP contribution in [0.5, 0.6) is 5.75 Å². The molecular weight excluding hydrogens is 396 g/mol. The number of rotatable bonds is 17. The second kappa shape index (κ2) is 15.4. The largest absolute Gasteiger partial charge is 0.507 e. The van der Waals surface area contributed by atoms with Gasteiger partial charge in [0.25, 0.3) is 0 Å². The first-order valence-electron chi connectivity index (χ1n) is 12.6. The molecule has 0 atom stereocenters. The van der Waals surface area contributed by atoms with Crippen molar-refractivity contribution in [3.63, 3.8) is 0 Å². The van der Waals surface area contributed by atoms with E-state index >= 15 is 0 Å². The molecule has 2 aromatic rings. The lowest BCUT2D eigenvalue weighted by Gasteiger charge is -2.07. The highest BCUT2D eigenvalue weighted by molar-refractivity contribution is 6.11. The van der Waals surface area contributed by atoms with Gasteiger partial charge in [-0.25, -0.2) is 0 Å². The average molecular weight is 437 g/mol. The van der Waals surface area contributed by atoms with E-state index in [4.69, 9.17) is 0 Å². The molecule has 0 aliphatic heterocycles. The van der Waals surface area contributed by atoms with Gasteiger partial charge in [-0.1, -0.05) is 120 Å². The summed E-state index contributed by atoms with van der Waals surface area (Å²) in [6, 6.07) is 13.5. The van der Waals surface area contributed by atoms with E-state index in [1.54, 1.807) is 36.4 Å². The van der Waals surface area contributed by atoms with Gasteiger partial charge in [-0.2, -0.15) is 0 Å². The van der Waals surface area contributed by atoms with Crippen LogP contribution in [0.2, 0.25) is 0 Å². The van der Waals surface area contributed by atoms with Crippen molar-refractivity contribution in [2.45, 2.75) is 96.8 Å². The summed E-state index contributed by atoms with van der Waals surface area (Å²) in [7, 11) is 0. The Morgan fingerprint density at radius 1 is 0.656 bits per heavy atom. The fourth-order valence-corrected chi connectivity index (χ4v) is 4.09. The number of hydrogen-bond acceptors (Lipinski definition) is 3. The molecule has 0 amide bonds. The molecule has 3 heteroatoms. The van der Waals surface area contributed by atoms with E-state index in [9.17, 15) is 14.7 Å². The van der Waals surface area contributed by atoms with E-state index < -0.39 is 0 Å².